The van der Waals surface area contributed by atoms with Gasteiger partial charge >= 0.3 is 0 Å². The molecule has 0 atom stereocenters. The Morgan fingerprint density at radius 2 is 1.81 bits per heavy atom. The third-order valence-electron chi connectivity index (χ3n) is 2.55. The lowest BCUT2D eigenvalue weighted by Gasteiger charge is -2.10. The summed E-state index contributed by atoms with van der Waals surface area (Å²) in [5.41, 5.74) is 0.571. The van der Waals surface area contributed by atoms with Gasteiger partial charge in [0.15, 0.2) is 0 Å². The van der Waals surface area contributed by atoms with Crippen LogP contribution in [0.1, 0.15) is 27.2 Å². The van der Waals surface area contributed by atoms with Crippen LogP contribution in [-0.2, 0) is 14.8 Å². The molecule has 1 rings (SSSR count). The first-order chi connectivity index (χ1) is 9.85. The number of hydrogen-bond acceptors (Lipinski definition) is 4. The molecule has 0 aromatic heterocycles. The first-order valence-corrected chi connectivity index (χ1v) is 8.46. The van der Waals surface area contributed by atoms with Crippen molar-refractivity contribution in [3.05, 3.63) is 24.3 Å². The fourth-order valence-corrected chi connectivity index (χ4v) is 2.93. The van der Waals surface area contributed by atoms with Gasteiger partial charge in [-0.15, -0.1) is 0 Å². The zero-order valence-electron chi connectivity index (χ0n) is 12.6. The van der Waals surface area contributed by atoms with Gasteiger partial charge in [0.05, 0.1) is 11.4 Å². The SMILES string of the molecule is CCCNCC(=O)Nc1ccc(S(=O)(=O)NC(C)C)cc1. The van der Waals surface area contributed by atoms with Gasteiger partial charge in [0.2, 0.25) is 15.9 Å². The zero-order valence-corrected chi connectivity index (χ0v) is 13.5. The molecule has 0 radical (unpaired) electrons. The van der Waals surface area contributed by atoms with E-state index in [1.54, 1.807) is 26.0 Å². The second kappa shape index (κ2) is 8.11. The Labute approximate surface area is 126 Å². The molecule has 0 saturated carbocycles. The van der Waals surface area contributed by atoms with E-state index in [9.17, 15) is 13.2 Å². The van der Waals surface area contributed by atoms with Crippen molar-refractivity contribution in [2.45, 2.75) is 38.1 Å². The number of carbonyl (C=O) groups excluding carboxylic acids is 1. The second-order valence-electron chi connectivity index (χ2n) is 5.03. The number of anilines is 1. The normalized spacial score (nSPS) is 11.6. The number of nitrogens with one attached hydrogen (secondary N) is 3. The number of hydrogen-bond donors (Lipinski definition) is 3. The summed E-state index contributed by atoms with van der Waals surface area (Å²) in [5.74, 6) is -0.153. The van der Waals surface area contributed by atoms with Crippen molar-refractivity contribution < 1.29 is 13.2 Å². The molecule has 0 aliphatic rings. The summed E-state index contributed by atoms with van der Waals surface area (Å²) in [6.07, 6.45) is 0.961. The largest absolute Gasteiger partial charge is 0.325 e. The van der Waals surface area contributed by atoms with Crippen LogP contribution >= 0.6 is 0 Å². The van der Waals surface area contributed by atoms with E-state index >= 15 is 0 Å². The molecule has 0 spiro atoms. The minimum Gasteiger partial charge on any atom is -0.325 e. The molecule has 0 fully saturated rings. The molecule has 0 aliphatic carbocycles. The predicted octanol–water partition coefficient (Wildman–Crippen LogP) is 1.31. The highest BCUT2D eigenvalue weighted by atomic mass is 32.2. The Balaban J connectivity index is 2.64. The number of carbonyl (C=O) groups is 1. The highest BCUT2D eigenvalue weighted by molar-refractivity contribution is 7.89. The number of sulfonamides is 1. The predicted molar refractivity (Wildman–Crippen MR) is 83.7 cm³/mol. The van der Waals surface area contributed by atoms with Crippen molar-refractivity contribution in [1.29, 1.82) is 0 Å². The molecule has 21 heavy (non-hydrogen) atoms. The number of benzene rings is 1. The van der Waals surface area contributed by atoms with Crippen LogP contribution in [0, 0.1) is 0 Å². The van der Waals surface area contributed by atoms with Crippen LogP contribution in [0.4, 0.5) is 5.69 Å². The van der Waals surface area contributed by atoms with E-state index in [-0.39, 0.29) is 23.4 Å². The number of rotatable bonds is 8. The summed E-state index contributed by atoms with van der Waals surface area (Å²) >= 11 is 0. The molecular weight excluding hydrogens is 290 g/mol. The Morgan fingerprint density at radius 3 is 2.33 bits per heavy atom. The Morgan fingerprint density at radius 1 is 1.19 bits per heavy atom. The summed E-state index contributed by atoms with van der Waals surface area (Å²) in [7, 11) is -3.50. The van der Waals surface area contributed by atoms with E-state index in [1.807, 2.05) is 6.92 Å². The van der Waals surface area contributed by atoms with Gasteiger partial charge in [-0.3, -0.25) is 4.79 Å². The highest BCUT2D eigenvalue weighted by Gasteiger charge is 2.15. The molecule has 0 unspecified atom stereocenters. The lowest BCUT2D eigenvalue weighted by atomic mass is 10.3. The summed E-state index contributed by atoms with van der Waals surface area (Å²) < 4.78 is 26.4. The molecule has 1 aromatic rings. The average Bonchev–Trinajstić information content (AvgIpc) is 2.38. The molecule has 0 bridgehead atoms. The quantitative estimate of drug-likeness (QED) is 0.632. The van der Waals surface area contributed by atoms with Crippen molar-refractivity contribution in [3.8, 4) is 0 Å². The maximum Gasteiger partial charge on any atom is 0.240 e. The molecule has 0 heterocycles. The molecule has 7 heteroatoms. The van der Waals surface area contributed by atoms with E-state index in [4.69, 9.17) is 0 Å². The van der Waals surface area contributed by atoms with Gasteiger partial charge in [-0.2, -0.15) is 0 Å². The fourth-order valence-electron chi connectivity index (χ4n) is 1.68. The highest BCUT2D eigenvalue weighted by Crippen LogP contribution is 2.14. The molecule has 118 valence electrons. The maximum absolute atomic E-state index is 11.9. The Kier molecular flexibility index (Phi) is 6.80. The first-order valence-electron chi connectivity index (χ1n) is 6.98. The summed E-state index contributed by atoms with van der Waals surface area (Å²) in [6.45, 7) is 6.56. The van der Waals surface area contributed by atoms with E-state index < -0.39 is 10.0 Å². The van der Waals surface area contributed by atoms with Crippen LogP contribution in [0.3, 0.4) is 0 Å². The van der Waals surface area contributed by atoms with Gasteiger partial charge in [0.25, 0.3) is 0 Å². The van der Waals surface area contributed by atoms with Crippen molar-refractivity contribution in [2.75, 3.05) is 18.4 Å². The summed E-state index contributed by atoms with van der Waals surface area (Å²) in [5, 5.41) is 5.70. The van der Waals surface area contributed by atoms with Gasteiger partial charge in [-0.25, -0.2) is 13.1 Å². The van der Waals surface area contributed by atoms with Crippen molar-refractivity contribution in [1.82, 2.24) is 10.0 Å². The van der Waals surface area contributed by atoms with Crippen LogP contribution in [-0.4, -0.2) is 33.5 Å². The smallest absolute Gasteiger partial charge is 0.240 e. The Bertz CT molecular complexity index is 553. The zero-order chi connectivity index (χ0) is 15.9. The number of amides is 1. The topological polar surface area (TPSA) is 87.3 Å². The molecule has 6 nitrogen and oxygen atoms in total. The monoisotopic (exact) mass is 313 g/mol. The van der Waals surface area contributed by atoms with Gasteiger partial charge in [-0.05, 0) is 51.1 Å². The Hall–Kier alpha value is -1.44. The van der Waals surface area contributed by atoms with Crippen molar-refractivity contribution in [2.24, 2.45) is 0 Å². The third-order valence-corrected chi connectivity index (χ3v) is 4.23. The minimum absolute atomic E-state index is 0.153. The van der Waals surface area contributed by atoms with Crippen LogP contribution < -0.4 is 15.4 Å². The average molecular weight is 313 g/mol. The van der Waals surface area contributed by atoms with Crippen LogP contribution in [0.5, 0.6) is 0 Å². The van der Waals surface area contributed by atoms with Gasteiger partial charge in [0.1, 0.15) is 0 Å². The molecule has 3 N–H and O–H groups in total. The van der Waals surface area contributed by atoms with E-state index in [2.05, 4.69) is 15.4 Å². The van der Waals surface area contributed by atoms with Gasteiger partial charge in [0, 0.05) is 11.7 Å². The lowest BCUT2D eigenvalue weighted by molar-refractivity contribution is -0.115. The second-order valence-corrected chi connectivity index (χ2v) is 6.74. The molecule has 1 amide bonds. The van der Waals surface area contributed by atoms with Crippen molar-refractivity contribution >= 4 is 21.6 Å². The summed E-state index contributed by atoms with van der Waals surface area (Å²) in [6, 6.07) is 5.93. The van der Waals surface area contributed by atoms with Crippen LogP contribution in [0.25, 0.3) is 0 Å². The summed E-state index contributed by atoms with van der Waals surface area (Å²) in [4.78, 5) is 11.8. The third kappa shape index (κ3) is 6.24. The molecule has 0 aliphatic heterocycles. The molecular formula is C14H23N3O3S. The standard InChI is InChI=1S/C14H23N3O3S/c1-4-9-15-10-14(18)16-12-5-7-13(8-6-12)21(19,20)17-11(2)3/h5-8,11,15,17H,4,9-10H2,1-3H3,(H,16,18). The lowest BCUT2D eigenvalue weighted by Crippen LogP contribution is -2.30. The van der Waals surface area contributed by atoms with Gasteiger partial charge in [-0.1, -0.05) is 6.92 Å². The first kappa shape index (κ1) is 17.6. The molecule has 1 aromatic carbocycles. The van der Waals surface area contributed by atoms with Crippen LogP contribution in [0.15, 0.2) is 29.2 Å². The fraction of sp³-hybridized carbons (Fsp3) is 0.500. The van der Waals surface area contributed by atoms with E-state index in [0.29, 0.717) is 5.69 Å². The maximum atomic E-state index is 11.9. The van der Waals surface area contributed by atoms with E-state index in [1.165, 1.54) is 12.1 Å². The van der Waals surface area contributed by atoms with E-state index in [0.717, 1.165) is 13.0 Å². The minimum atomic E-state index is -3.50. The molecule has 0 saturated heterocycles. The van der Waals surface area contributed by atoms with Gasteiger partial charge < -0.3 is 10.6 Å². The van der Waals surface area contributed by atoms with Crippen LogP contribution in [0.2, 0.25) is 0 Å². The van der Waals surface area contributed by atoms with Crippen molar-refractivity contribution in [3.63, 3.8) is 0 Å².